The van der Waals surface area contributed by atoms with Gasteiger partial charge in [0.05, 0.1) is 40.7 Å². The van der Waals surface area contributed by atoms with Crippen LogP contribution < -0.4 is 10.1 Å². The molecule has 0 radical (unpaired) electrons. The number of anilines is 1. The number of rotatable bonds is 5. The molecule has 0 spiro atoms. The highest BCUT2D eigenvalue weighted by Gasteiger charge is 2.71. The zero-order chi connectivity index (χ0) is 38.9. The van der Waals surface area contributed by atoms with E-state index < -0.39 is 28.0 Å². The zero-order valence-electron chi connectivity index (χ0n) is 33.6. The van der Waals surface area contributed by atoms with Crippen molar-refractivity contribution in [1.82, 2.24) is 14.8 Å². The number of ether oxygens (including phenoxy) is 4. The lowest BCUT2D eigenvalue weighted by Crippen LogP contribution is -2.74. The van der Waals surface area contributed by atoms with Crippen LogP contribution in [0.15, 0.2) is 48.0 Å². The number of allylic oxidation sites excluding steroid dienone is 1. The van der Waals surface area contributed by atoms with Gasteiger partial charge >= 0.3 is 11.9 Å². The number of aromatic nitrogens is 1. The van der Waals surface area contributed by atoms with Gasteiger partial charge < -0.3 is 34.4 Å². The minimum Gasteiger partial charge on any atom is -0.496 e. The Kier molecular flexibility index (Phi) is 8.17. The monoisotopic (exact) mass is 764 g/mol. The van der Waals surface area contributed by atoms with E-state index in [1.165, 1.54) is 25.4 Å². The molecule has 2 aromatic carbocycles. The first-order chi connectivity index (χ1) is 27.0. The second-order valence-corrected chi connectivity index (χ2v) is 18.2. The maximum absolute atomic E-state index is 14.6. The number of fused-ring (bicyclic) bond motifs is 7. The number of aliphatic hydroxyl groups is 1. The fourth-order valence-corrected chi connectivity index (χ4v) is 13.9. The van der Waals surface area contributed by atoms with E-state index in [9.17, 15) is 14.7 Å². The smallest absolute Gasteiger partial charge is 0.316 e. The third-order valence-corrected chi connectivity index (χ3v) is 16.3. The second-order valence-electron chi connectivity index (χ2n) is 18.2. The largest absolute Gasteiger partial charge is 0.496 e. The van der Waals surface area contributed by atoms with E-state index in [0.717, 1.165) is 52.8 Å². The summed E-state index contributed by atoms with van der Waals surface area (Å²) in [6.07, 6.45) is 6.59. The Morgan fingerprint density at radius 3 is 2.64 bits per heavy atom. The summed E-state index contributed by atoms with van der Waals surface area (Å²) in [5.41, 5.74) is 3.16. The number of methoxy groups -OCH3 is 3. The van der Waals surface area contributed by atoms with Crippen molar-refractivity contribution >= 4 is 28.5 Å². The van der Waals surface area contributed by atoms with Crippen LogP contribution in [-0.4, -0.2) is 104 Å². The summed E-state index contributed by atoms with van der Waals surface area (Å²) in [6, 6.07) is 11.8. The van der Waals surface area contributed by atoms with E-state index in [0.29, 0.717) is 63.1 Å². The van der Waals surface area contributed by atoms with Crippen LogP contribution in [0.5, 0.6) is 5.75 Å². The van der Waals surface area contributed by atoms with Crippen molar-refractivity contribution < 1.29 is 33.6 Å². The van der Waals surface area contributed by atoms with Crippen molar-refractivity contribution in [1.29, 1.82) is 0 Å². The molecule has 3 aromatic rings. The molecule has 0 amide bonds. The lowest BCUT2D eigenvalue weighted by atomic mass is 9.52. The molecular weight excluding hydrogens is 709 g/mol. The molecule has 8 bridgehead atoms. The highest BCUT2D eigenvalue weighted by Crippen LogP contribution is 2.65. The number of para-hydroxylation sites is 1. The molecule has 11 rings (SSSR count). The molecule has 12 atom stereocenters. The van der Waals surface area contributed by atoms with E-state index in [-0.39, 0.29) is 36.4 Å². The molecule has 6 fully saturated rings. The predicted molar refractivity (Wildman–Crippen MR) is 211 cm³/mol. The fourth-order valence-electron chi connectivity index (χ4n) is 13.9. The summed E-state index contributed by atoms with van der Waals surface area (Å²) < 4.78 is 24.2. The van der Waals surface area contributed by atoms with Gasteiger partial charge in [0.1, 0.15) is 22.2 Å². The number of nitrogens with zero attached hydrogens (tertiary/aromatic N) is 2. The average Bonchev–Trinajstić information content (AvgIpc) is 3.70. The fraction of sp³-hybridized carbons (Fsp3) is 0.600. The van der Waals surface area contributed by atoms with Crippen molar-refractivity contribution in [2.45, 2.75) is 88.4 Å². The Morgan fingerprint density at radius 2 is 1.89 bits per heavy atom. The number of esters is 2. The number of carbonyl (C=O) groups excluding carboxylic acids is 2. The first-order valence-electron chi connectivity index (χ1n) is 20.7. The molecule has 11 nitrogen and oxygen atoms in total. The number of H-pyrrole nitrogens is 1. The van der Waals surface area contributed by atoms with E-state index in [1.807, 2.05) is 12.1 Å². The zero-order valence-corrected chi connectivity index (χ0v) is 33.6. The molecule has 1 aromatic heterocycles. The molecule has 8 aliphatic rings. The van der Waals surface area contributed by atoms with Gasteiger partial charge in [-0.15, -0.1) is 0 Å². The Labute approximate surface area is 329 Å². The summed E-state index contributed by atoms with van der Waals surface area (Å²) >= 11 is 0. The van der Waals surface area contributed by atoms with Crippen molar-refractivity contribution in [3.63, 3.8) is 0 Å². The first kappa shape index (κ1) is 36.4. The Hall–Kier alpha value is -3.90. The number of nitrogens with one attached hydrogen (secondary N) is 2. The van der Waals surface area contributed by atoms with Crippen LogP contribution in [0, 0.1) is 28.6 Å². The molecule has 2 aliphatic carbocycles. The molecule has 5 saturated heterocycles. The van der Waals surface area contributed by atoms with E-state index in [1.54, 1.807) is 7.11 Å². The molecular formula is C45H56N4O7. The quantitative estimate of drug-likeness (QED) is 0.220. The van der Waals surface area contributed by atoms with Crippen LogP contribution >= 0.6 is 0 Å². The third-order valence-electron chi connectivity index (χ3n) is 16.3. The van der Waals surface area contributed by atoms with E-state index in [2.05, 4.69) is 71.2 Å². The number of aromatic amines is 1. The van der Waals surface area contributed by atoms with Crippen molar-refractivity contribution in [2.24, 2.45) is 28.6 Å². The van der Waals surface area contributed by atoms with Crippen LogP contribution in [0.2, 0.25) is 0 Å². The summed E-state index contributed by atoms with van der Waals surface area (Å²) in [4.78, 5) is 37.9. The number of hydrogen-bond acceptors (Lipinski definition) is 10. The van der Waals surface area contributed by atoms with Crippen molar-refractivity contribution in [2.75, 3.05) is 59.6 Å². The third kappa shape index (κ3) is 4.38. The maximum Gasteiger partial charge on any atom is 0.316 e. The van der Waals surface area contributed by atoms with Gasteiger partial charge in [0.15, 0.2) is 0 Å². The second kappa shape index (κ2) is 12.5. The number of piperidine rings is 3. The molecule has 298 valence electrons. The van der Waals surface area contributed by atoms with Crippen LogP contribution in [0.25, 0.3) is 10.9 Å². The van der Waals surface area contributed by atoms with Crippen LogP contribution in [0.1, 0.15) is 81.2 Å². The van der Waals surface area contributed by atoms with E-state index >= 15 is 0 Å². The summed E-state index contributed by atoms with van der Waals surface area (Å²) in [5.74, 6) is 0.364. The summed E-state index contributed by atoms with van der Waals surface area (Å²) in [5, 5.41) is 18.5. The molecule has 7 heterocycles. The van der Waals surface area contributed by atoms with Gasteiger partial charge in [-0.1, -0.05) is 49.3 Å². The van der Waals surface area contributed by atoms with Gasteiger partial charge in [0, 0.05) is 76.5 Å². The van der Waals surface area contributed by atoms with Crippen LogP contribution in [0.3, 0.4) is 0 Å². The SMILES string of the molecule is C/C=C1/CN2COC[C@]3(C(=O)OC)[C@@H]1C[C@@H](c1c(OC)ccc4c1NC1[C@@]4(O)CCN4C[C@H]5C[C@H](CC)[C@H]4[C@@]1(C(=O)OC)C5)c1[nH]c4ccccc4c1C[C@]23C. The van der Waals surface area contributed by atoms with Gasteiger partial charge in [-0.25, -0.2) is 0 Å². The van der Waals surface area contributed by atoms with Gasteiger partial charge in [-0.3, -0.25) is 19.4 Å². The Bertz CT molecular complexity index is 2170. The number of carbonyl (C=O) groups is 2. The Balaban J connectivity index is 1.23. The molecule has 3 N–H and O–H groups in total. The minimum atomic E-state index is -1.34. The topological polar surface area (TPSA) is 126 Å². The first-order valence-corrected chi connectivity index (χ1v) is 20.7. The highest BCUT2D eigenvalue weighted by molar-refractivity contribution is 5.88. The molecule has 1 saturated carbocycles. The van der Waals surface area contributed by atoms with Crippen LogP contribution in [0.4, 0.5) is 5.69 Å². The van der Waals surface area contributed by atoms with Crippen LogP contribution in [-0.2, 0) is 35.8 Å². The molecule has 56 heavy (non-hydrogen) atoms. The number of hydrogen-bond donors (Lipinski definition) is 3. The maximum atomic E-state index is 14.6. The normalized spacial score (nSPS) is 41.0. The molecule has 6 aliphatic heterocycles. The lowest BCUT2D eigenvalue weighted by Gasteiger charge is -2.63. The van der Waals surface area contributed by atoms with Gasteiger partial charge in [-0.05, 0) is 75.5 Å². The standard InChI is InChI=1S/C45H56N4O7/c1-7-26-17-25-19-43(40(50)54-5)38(26)48(21-25)16-15-45(52)31-13-14-34(53-4)35(37(31)47-39(43)45)29-18-32-27(8-2)22-49-24-56-23-44(32,41(51)55-6)42(49,3)20-30-28-11-9-10-12-33(28)46-36(29)30/h8-14,25-26,29,32,38-39,46-47,52H,7,15-24H2,1-6H3/b27-8-/t25-,26-,29-,32+,38-,39?,42-,43-,44+,45+/m0/s1. The Morgan fingerprint density at radius 1 is 1.09 bits per heavy atom. The predicted octanol–water partition coefficient (Wildman–Crippen LogP) is 5.70. The highest BCUT2D eigenvalue weighted by atomic mass is 16.5. The lowest BCUT2D eigenvalue weighted by molar-refractivity contribution is -0.225. The molecule has 11 heteroatoms. The number of benzene rings is 2. The van der Waals surface area contributed by atoms with Gasteiger partial charge in [-0.2, -0.15) is 0 Å². The minimum absolute atomic E-state index is 0.0378. The summed E-state index contributed by atoms with van der Waals surface area (Å²) in [7, 11) is 4.71. The average molecular weight is 765 g/mol. The van der Waals surface area contributed by atoms with Crippen molar-refractivity contribution in [3.05, 3.63) is 70.4 Å². The van der Waals surface area contributed by atoms with Gasteiger partial charge in [0.2, 0.25) is 0 Å². The van der Waals surface area contributed by atoms with E-state index in [4.69, 9.17) is 18.9 Å². The van der Waals surface area contributed by atoms with Crippen molar-refractivity contribution in [3.8, 4) is 5.75 Å². The summed E-state index contributed by atoms with van der Waals surface area (Å²) in [6.45, 7) is 9.56. The van der Waals surface area contributed by atoms with Gasteiger partial charge in [0.25, 0.3) is 0 Å². The molecule has 3 unspecified atom stereocenters.